The monoisotopic (exact) mass is 541 g/mol. The fraction of sp³-hybridized carbons (Fsp3) is 0.107. The fourth-order valence-corrected chi connectivity index (χ4v) is 4.74. The highest BCUT2D eigenvalue weighted by Crippen LogP contribution is 2.31. The summed E-state index contributed by atoms with van der Waals surface area (Å²) in [4.78, 5) is 23.1. The molecule has 0 spiro atoms. The second-order valence-electron chi connectivity index (χ2n) is 8.39. The minimum absolute atomic E-state index is 0.00181. The summed E-state index contributed by atoms with van der Waals surface area (Å²) in [7, 11) is 1.60. The van der Waals surface area contributed by atoms with Gasteiger partial charge in [0.25, 0.3) is 11.6 Å². The molecule has 0 aliphatic heterocycles. The third-order valence-electron chi connectivity index (χ3n) is 5.89. The number of aromatic nitrogens is 3. The maximum absolute atomic E-state index is 12.4. The van der Waals surface area contributed by atoms with Gasteiger partial charge in [0.2, 0.25) is 0 Å². The van der Waals surface area contributed by atoms with E-state index in [0.717, 1.165) is 11.3 Å². The van der Waals surface area contributed by atoms with Gasteiger partial charge in [-0.05, 0) is 66.2 Å². The Morgan fingerprint density at radius 2 is 1.77 bits per heavy atom. The number of amides is 1. The molecule has 0 unspecified atom stereocenters. The number of hydrogen-bond acceptors (Lipinski definition) is 8. The molecule has 0 saturated carbocycles. The van der Waals surface area contributed by atoms with Crippen LogP contribution in [0.3, 0.4) is 0 Å². The largest absolute Gasteiger partial charge is 0.497 e. The number of carbonyl (C=O) groups is 1. The molecule has 0 fully saturated rings. The van der Waals surface area contributed by atoms with Crippen molar-refractivity contribution >= 4 is 23.4 Å². The standard InChI is InChI=1S/C28H23N5O5S/c1-37-24-14-12-22(13-15-24)32-26(20-8-10-23(11-9-20)33(35)36)30-31-28(32)39-18-19-4-6-21(7-5-19)27(34)29-17-25-3-2-16-38-25/h2-16H,17-18H2,1H3,(H,29,34). The van der Waals surface area contributed by atoms with Gasteiger partial charge in [-0.15, -0.1) is 10.2 Å². The quantitative estimate of drug-likeness (QED) is 0.136. The lowest BCUT2D eigenvalue weighted by atomic mass is 10.1. The lowest BCUT2D eigenvalue weighted by Gasteiger charge is -2.11. The Labute approximate surface area is 227 Å². The predicted octanol–water partition coefficient (Wildman–Crippen LogP) is 5.67. The minimum atomic E-state index is -0.437. The van der Waals surface area contributed by atoms with Crippen LogP contribution in [0.1, 0.15) is 21.7 Å². The third kappa shape index (κ3) is 5.99. The number of methoxy groups -OCH3 is 1. The molecule has 5 aromatic rings. The average molecular weight is 542 g/mol. The van der Waals surface area contributed by atoms with E-state index < -0.39 is 4.92 Å². The Morgan fingerprint density at radius 3 is 2.41 bits per heavy atom. The van der Waals surface area contributed by atoms with Crippen LogP contribution in [0.4, 0.5) is 5.69 Å². The first kappa shape index (κ1) is 25.7. The molecule has 0 atom stereocenters. The zero-order chi connectivity index (χ0) is 27.2. The first-order valence-electron chi connectivity index (χ1n) is 11.9. The molecule has 0 aliphatic rings. The summed E-state index contributed by atoms with van der Waals surface area (Å²) in [5, 5.41) is 23.4. The van der Waals surface area contributed by atoms with Crippen LogP contribution >= 0.6 is 11.8 Å². The number of furan rings is 1. The van der Waals surface area contributed by atoms with Gasteiger partial charge in [0, 0.05) is 34.7 Å². The van der Waals surface area contributed by atoms with Gasteiger partial charge in [-0.25, -0.2) is 0 Å². The Kier molecular flexibility index (Phi) is 7.69. The molecule has 3 aromatic carbocycles. The van der Waals surface area contributed by atoms with Crippen LogP contribution < -0.4 is 10.1 Å². The Balaban J connectivity index is 1.34. The molecule has 0 aliphatic carbocycles. The van der Waals surface area contributed by atoms with Gasteiger partial charge in [-0.1, -0.05) is 23.9 Å². The maximum Gasteiger partial charge on any atom is 0.269 e. The van der Waals surface area contributed by atoms with Crippen molar-refractivity contribution in [2.75, 3.05) is 7.11 Å². The van der Waals surface area contributed by atoms with E-state index in [9.17, 15) is 14.9 Å². The molecular weight excluding hydrogens is 518 g/mol. The van der Waals surface area contributed by atoms with Gasteiger partial charge in [0.05, 0.1) is 24.8 Å². The number of non-ortho nitro benzene ring substituents is 1. The number of nitro benzene ring substituents is 1. The van der Waals surface area contributed by atoms with Crippen LogP contribution in [0.5, 0.6) is 5.75 Å². The van der Waals surface area contributed by atoms with Crippen LogP contribution in [0.2, 0.25) is 0 Å². The number of thioether (sulfide) groups is 1. The van der Waals surface area contributed by atoms with Gasteiger partial charge in [-0.3, -0.25) is 19.5 Å². The van der Waals surface area contributed by atoms with E-state index >= 15 is 0 Å². The second-order valence-corrected chi connectivity index (χ2v) is 9.33. The number of ether oxygens (including phenoxy) is 1. The highest BCUT2D eigenvalue weighted by molar-refractivity contribution is 7.98. The highest BCUT2D eigenvalue weighted by Gasteiger charge is 2.18. The summed E-state index contributed by atoms with van der Waals surface area (Å²) in [5.74, 6) is 2.36. The molecule has 2 aromatic heterocycles. The highest BCUT2D eigenvalue weighted by atomic mass is 32.2. The van der Waals surface area contributed by atoms with Crippen LogP contribution in [0, 0.1) is 10.1 Å². The third-order valence-corrected chi connectivity index (χ3v) is 6.89. The van der Waals surface area contributed by atoms with Gasteiger partial charge < -0.3 is 14.5 Å². The number of hydrogen-bond donors (Lipinski definition) is 1. The molecule has 10 nitrogen and oxygen atoms in total. The SMILES string of the molecule is COc1ccc(-n2c(SCc3ccc(C(=O)NCc4ccco4)cc3)nnc2-c2ccc([N+](=O)[O-])cc2)cc1. The van der Waals surface area contributed by atoms with E-state index in [-0.39, 0.29) is 11.6 Å². The van der Waals surface area contributed by atoms with Crippen molar-refractivity contribution in [2.24, 2.45) is 0 Å². The van der Waals surface area contributed by atoms with E-state index in [2.05, 4.69) is 15.5 Å². The first-order chi connectivity index (χ1) is 19.0. The maximum atomic E-state index is 12.4. The number of nitrogens with zero attached hydrogens (tertiary/aromatic N) is 4. The summed E-state index contributed by atoms with van der Waals surface area (Å²) in [6.45, 7) is 0.321. The summed E-state index contributed by atoms with van der Waals surface area (Å²) in [6.07, 6.45) is 1.57. The summed E-state index contributed by atoms with van der Waals surface area (Å²) in [6, 6.07) is 24.7. The summed E-state index contributed by atoms with van der Waals surface area (Å²) >= 11 is 1.49. The van der Waals surface area contributed by atoms with E-state index in [0.29, 0.717) is 45.9 Å². The topological polar surface area (TPSA) is 125 Å². The van der Waals surface area contributed by atoms with Gasteiger partial charge in [0.1, 0.15) is 11.5 Å². The van der Waals surface area contributed by atoms with E-state index in [1.54, 1.807) is 49.8 Å². The van der Waals surface area contributed by atoms with Crippen LogP contribution in [-0.2, 0) is 12.3 Å². The Bertz CT molecular complexity index is 1560. The molecule has 1 amide bonds. The van der Waals surface area contributed by atoms with Crippen molar-refractivity contribution in [2.45, 2.75) is 17.5 Å². The van der Waals surface area contributed by atoms with Crippen molar-refractivity contribution in [3.8, 4) is 22.8 Å². The lowest BCUT2D eigenvalue weighted by Crippen LogP contribution is -2.22. The number of carbonyl (C=O) groups excluding carboxylic acids is 1. The zero-order valence-corrected chi connectivity index (χ0v) is 21.6. The molecule has 1 N–H and O–H groups in total. The van der Waals surface area contributed by atoms with Crippen molar-refractivity contribution in [3.05, 3.63) is 118 Å². The Hall–Kier alpha value is -4.90. The molecule has 5 rings (SSSR count). The summed E-state index contributed by atoms with van der Waals surface area (Å²) < 4.78 is 12.4. The molecule has 2 heterocycles. The zero-order valence-electron chi connectivity index (χ0n) is 20.8. The normalized spacial score (nSPS) is 10.8. The van der Waals surface area contributed by atoms with Crippen molar-refractivity contribution in [3.63, 3.8) is 0 Å². The molecule has 196 valence electrons. The number of nitro groups is 1. The second kappa shape index (κ2) is 11.7. The van der Waals surface area contributed by atoms with Crippen LogP contribution in [0.25, 0.3) is 17.1 Å². The predicted molar refractivity (Wildman–Crippen MR) is 146 cm³/mol. The molecule has 39 heavy (non-hydrogen) atoms. The first-order valence-corrected chi connectivity index (χ1v) is 12.9. The summed E-state index contributed by atoms with van der Waals surface area (Å²) in [5.41, 5.74) is 3.07. The molecule has 0 radical (unpaired) electrons. The molecule has 11 heteroatoms. The fourth-order valence-electron chi connectivity index (χ4n) is 3.83. The molecular formula is C28H23N5O5S. The van der Waals surface area contributed by atoms with Gasteiger partial charge in [0.15, 0.2) is 11.0 Å². The van der Waals surface area contributed by atoms with Crippen molar-refractivity contribution < 1.29 is 18.9 Å². The van der Waals surface area contributed by atoms with Crippen LogP contribution in [0.15, 0.2) is 101 Å². The lowest BCUT2D eigenvalue weighted by molar-refractivity contribution is -0.384. The smallest absolute Gasteiger partial charge is 0.269 e. The van der Waals surface area contributed by atoms with Crippen molar-refractivity contribution in [1.82, 2.24) is 20.1 Å². The Morgan fingerprint density at radius 1 is 1.03 bits per heavy atom. The van der Waals surface area contributed by atoms with Gasteiger partial charge >= 0.3 is 0 Å². The van der Waals surface area contributed by atoms with Crippen LogP contribution in [-0.4, -0.2) is 32.7 Å². The number of nitrogens with one attached hydrogen (secondary N) is 1. The molecule has 0 bridgehead atoms. The number of rotatable bonds is 10. The van der Waals surface area contributed by atoms with Gasteiger partial charge in [-0.2, -0.15) is 0 Å². The molecule has 0 saturated heterocycles. The number of benzene rings is 3. The van der Waals surface area contributed by atoms with E-state index in [1.807, 2.05) is 41.0 Å². The average Bonchev–Trinajstić information content (AvgIpc) is 3.65. The van der Waals surface area contributed by atoms with E-state index in [4.69, 9.17) is 9.15 Å². The minimum Gasteiger partial charge on any atom is -0.497 e. The van der Waals surface area contributed by atoms with E-state index in [1.165, 1.54) is 23.9 Å². The van der Waals surface area contributed by atoms with Crippen molar-refractivity contribution in [1.29, 1.82) is 0 Å².